The summed E-state index contributed by atoms with van der Waals surface area (Å²) in [5.41, 5.74) is 0.00343. The molecule has 3 heteroatoms. The van der Waals surface area contributed by atoms with Gasteiger partial charge in [0.1, 0.15) is 11.3 Å². The van der Waals surface area contributed by atoms with Crippen LogP contribution in [0.1, 0.15) is 10.4 Å². The molecule has 0 aliphatic rings. The lowest BCUT2D eigenvalue weighted by molar-refractivity contribution is 0.0694. The van der Waals surface area contributed by atoms with Gasteiger partial charge in [0.2, 0.25) is 0 Å². The highest BCUT2D eigenvalue weighted by Crippen LogP contribution is 2.24. The average molecular weight is 189 g/mol. The molecule has 0 bridgehead atoms. The van der Waals surface area contributed by atoms with Gasteiger partial charge in [-0.1, -0.05) is 24.3 Å². The maximum Gasteiger partial charge on any atom is 0.339 e. The van der Waals surface area contributed by atoms with Gasteiger partial charge in [0.15, 0.2) is 0 Å². The number of benzene rings is 2. The number of fused-ring (bicyclic) bond motifs is 1. The lowest BCUT2D eigenvalue weighted by Gasteiger charge is -2.02. The minimum atomic E-state index is -0.863. The minimum absolute atomic E-state index is 0.00343. The van der Waals surface area contributed by atoms with Gasteiger partial charge in [0.05, 0.1) is 0 Å². The number of rotatable bonds is 1. The Bertz CT molecular complexity index is 522. The van der Waals surface area contributed by atoms with E-state index in [1.54, 1.807) is 0 Å². The summed E-state index contributed by atoms with van der Waals surface area (Å²) in [6, 6.07) is 10.3. The first-order chi connectivity index (χ1) is 7.22. The van der Waals surface area contributed by atoms with Gasteiger partial charge in [-0.25, -0.2) is 4.79 Å². The maximum atomic E-state index is 11.1. The smallest absolute Gasteiger partial charge is 0.339 e. The summed E-state index contributed by atoms with van der Waals surface area (Å²) >= 11 is 0. The third-order valence-corrected chi connectivity index (χ3v) is 2.08. The van der Waals surface area contributed by atoms with E-state index < -0.39 is 5.97 Å². The molecule has 70 valence electrons. The van der Waals surface area contributed by atoms with E-state index in [9.17, 15) is 9.90 Å². The first kappa shape index (κ1) is 7.38. The molecule has 0 atom stereocenters. The predicted molar refractivity (Wildman–Crippen MR) is 52.6 cm³/mol. The van der Waals surface area contributed by atoms with Crippen LogP contribution in [0.15, 0.2) is 36.4 Å². The van der Waals surface area contributed by atoms with Crippen LogP contribution in [-0.2, 0) is 0 Å². The molecule has 0 fully saturated rings. The molecule has 14 heavy (non-hydrogen) atoms. The van der Waals surface area contributed by atoms with Crippen LogP contribution in [0.4, 0.5) is 0 Å². The van der Waals surface area contributed by atoms with E-state index in [1.165, 1.54) is 12.1 Å². The number of carboxylic acid groups (broad SMARTS) is 1. The van der Waals surface area contributed by atoms with Gasteiger partial charge >= 0.3 is 5.97 Å². The summed E-state index contributed by atoms with van der Waals surface area (Å²) in [6.45, 7) is 0. The molecular weight excluding hydrogens is 180 g/mol. The van der Waals surface area contributed by atoms with Crippen LogP contribution in [0.2, 0.25) is 0 Å². The fourth-order valence-electron chi connectivity index (χ4n) is 1.39. The van der Waals surface area contributed by atoms with Gasteiger partial charge in [0.25, 0.3) is 1.43 Å². The Kier molecular flexibility index (Phi) is 1.60. The summed E-state index contributed by atoms with van der Waals surface area (Å²) in [5, 5.41) is 15.0. The Labute approximate surface area is 81.7 Å². The van der Waals surface area contributed by atoms with E-state index in [2.05, 4.69) is 5.11 Å². The van der Waals surface area contributed by atoms with Crippen LogP contribution < -0.4 is 0 Å². The van der Waals surface area contributed by atoms with Crippen molar-refractivity contribution in [3.63, 3.8) is 0 Å². The number of aromatic hydroxyl groups is 1. The summed E-state index contributed by atoms with van der Waals surface area (Å²) in [4.78, 5) is 11.1. The Balaban J connectivity index is 2.67. The second kappa shape index (κ2) is 3.03. The molecule has 0 aliphatic carbocycles. The number of carboxylic acids is 1. The minimum Gasteiger partial charge on any atom is -0.507 e. The summed E-state index contributed by atoms with van der Waals surface area (Å²) < 4.78 is 6.49. The van der Waals surface area contributed by atoms with Crippen LogP contribution in [0.5, 0.6) is 5.75 Å². The van der Waals surface area contributed by atoms with Crippen LogP contribution in [0, 0.1) is 0 Å². The van der Waals surface area contributed by atoms with Crippen LogP contribution >= 0.6 is 0 Å². The standard InChI is InChI=1S/C11H8O3/c12-10-6-8-4-2-1-3-7(8)5-9(10)11(13)14/h1-6,12H,(H,13,14)/i/hD. The Hall–Kier alpha value is -2.03. The largest absolute Gasteiger partial charge is 0.507 e. The zero-order valence-electron chi connectivity index (χ0n) is 8.23. The van der Waals surface area contributed by atoms with Gasteiger partial charge in [-0.3, -0.25) is 0 Å². The molecule has 2 aromatic rings. The number of carbonyl (C=O) groups is 1. The first-order valence-electron chi connectivity index (χ1n) is 4.52. The lowest BCUT2D eigenvalue weighted by atomic mass is 10.1. The lowest BCUT2D eigenvalue weighted by Crippen LogP contribution is -1.96. The molecular formula is C11H8O3. The third-order valence-electron chi connectivity index (χ3n) is 2.08. The Morgan fingerprint density at radius 1 is 1.21 bits per heavy atom. The fraction of sp³-hybridized carbons (Fsp3) is 0. The molecule has 2 rings (SSSR count). The molecule has 2 N–H and O–H groups in total. The van der Waals surface area contributed by atoms with Gasteiger partial charge < -0.3 is 10.2 Å². The van der Waals surface area contributed by atoms with Gasteiger partial charge in [-0.05, 0) is 22.9 Å². The fourth-order valence-corrected chi connectivity index (χ4v) is 1.39. The SMILES string of the molecule is [2H]OC(=O)c1cc2ccccc2cc1O. The number of hydrogen-bond acceptors (Lipinski definition) is 3. The molecule has 3 nitrogen and oxygen atoms in total. The molecule has 0 amide bonds. The molecule has 2 aromatic carbocycles. The quantitative estimate of drug-likeness (QED) is 0.723. The van der Waals surface area contributed by atoms with E-state index in [1.807, 2.05) is 24.3 Å². The highest BCUT2D eigenvalue weighted by Gasteiger charge is 2.09. The molecule has 0 saturated carbocycles. The Morgan fingerprint density at radius 3 is 2.50 bits per heavy atom. The molecule has 0 aromatic heterocycles. The van der Waals surface area contributed by atoms with Crippen molar-refractivity contribution >= 4 is 16.7 Å². The summed E-state index contributed by atoms with van der Waals surface area (Å²) in [6.07, 6.45) is 0. The molecule has 0 heterocycles. The zero-order chi connectivity index (χ0) is 10.8. The zero-order valence-corrected chi connectivity index (χ0v) is 7.23. The van der Waals surface area contributed by atoms with Crippen molar-refractivity contribution in [3.05, 3.63) is 42.0 Å². The number of hydrogen-bond donors (Lipinski definition) is 2. The van der Waals surface area contributed by atoms with E-state index in [0.717, 1.165) is 10.8 Å². The van der Waals surface area contributed by atoms with Gasteiger partial charge in [-0.15, -0.1) is 0 Å². The normalized spacial score (nSPS) is 11.0. The first-order valence-corrected chi connectivity index (χ1v) is 4.11. The van der Waals surface area contributed by atoms with Crippen molar-refractivity contribution in [1.82, 2.24) is 0 Å². The molecule has 0 spiro atoms. The monoisotopic (exact) mass is 189 g/mol. The van der Waals surface area contributed by atoms with E-state index in [-0.39, 0.29) is 11.3 Å². The van der Waals surface area contributed by atoms with E-state index in [4.69, 9.17) is 1.43 Å². The second-order valence-corrected chi connectivity index (χ2v) is 3.00. The van der Waals surface area contributed by atoms with Crippen molar-refractivity contribution in [1.29, 1.82) is 1.43 Å². The van der Waals surface area contributed by atoms with Crippen molar-refractivity contribution in [2.24, 2.45) is 0 Å². The molecule has 0 radical (unpaired) electrons. The highest BCUT2D eigenvalue weighted by molar-refractivity contribution is 5.97. The molecule has 0 saturated heterocycles. The van der Waals surface area contributed by atoms with E-state index >= 15 is 0 Å². The number of aromatic carboxylic acids is 1. The van der Waals surface area contributed by atoms with Crippen LogP contribution in [0.25, 0.3) is 12.2 Å². The second-order valence-electron chi connectivity index (χ2n) is 3.00. The van der Waals surface area contributed by atoms with Crippen LogP contribution in [0.3, 0.4) is 0 Å². The third kappa shape index (κ3) is 1.29. The van der Waals surface area contributed by atoms with Crippen molar-refractivity contribution in [2.75, 3.05) is 0 Å². The van der Waals surface area contributed by atoms with Crippen molar-refractivity contribution in [3.8, 4) is 5.75 Å². The van der Waals surface area contributed by atoms with Crippen LogP contribution in [-0.4, -0.2) is 16.2 Å². The maximum absolute atomic E-state index is 11.1. The average Bonchev–Trinajstić information content (AvgIpc) is 2.27. The topological polar surface area (TPSA) is 57.5 Å². The molecule has 0 unspecified atom stereocenters. The summed E-state index contributed by atoms with van der Waals surface area (Å²) in [5.74, 6) is -1.04. The number of phenols is 1. The van der Waals surface area contributed by atoms with Gasteiger partial charge in [-0.2, -0.15) is 0 Å². The highest BCUT2D eigenvalue weighted by atomic mass is 16.4. The Morgan fingerprint density at radius 2 is 1.86 bits per heavy atom. The van der Waals surface area contributed by atoms with Crippen molar-refractivity contribution < 1.29 is 15.0 Å². The predicted octanol–water partition coefficient (Wildman–Crippen LogP) is 2.24. The van der Waals surface area contributed by atoms with E-state index in [0.29, 0.717) is 0 Å². The van der Waals surface area contributed by atoms with Crippen molar-refractivity contribution in [2.45, 2.75) is 0 Å². The molecule has 0 aliphatic heterocycles. The van der Waals surface area contributed by atoms with Gasteiger partial charge in [0, 0.05) is 0 Å². The summed E-state index contributed by atoms with van der Waals surface area (Å²) in [7, 11) is 0.